The Bertz CT molecular complexity index is 1070. The van der Waals surface area contributed by atoms with Gasteiger partial charge in [-0.25, -0.2) is 22.4 Å². The summed E-state index contributed by atoms with van der Waals surface area (Å²) in [6.45, 7) is 5.22. The van der Waals surface area contributed by atoms with Gasteiger partial charge in [0.2, 0.25) is 10.0 Å². The van der Waals surface area contributed by atoms with Crippen molar-refractivity contribution in [3.8, 4) is 11.5 Å². The maximum atomic E-state index is 13.1. The lowest BCUT2D eigenvalue weighted by atomic mass is 10.1. The first kappa shape index (κ1) is 27.0. The summed E-state index contributed by atoms with van der Waals surface area (Å²) >= 11 is 0. The summed E-state index contributed by atoms with van der Waals surface area (Å²) in [5, 5.41) is 14.8. The molecule has 0 bridgehead atoms. The van der Waals surface area contributed by atoms with E-state index in [9.17, 15) is 12.8 Å². The number of hydrogen-bond donors (Lipinski definition) is 2. The van der Waals surface area contributed by atoms with E-state index in [4.69, 9.17) is 29.3 Å². The molecule has 0 radical (unpaired) electrons. The fraction of sp³-hybridized carbons (Fsp3) is 0.364. The van der Waals surface area contributed by atoms with Crippen LogP contribution in [-0.2, 0) is 26.2 Å². The number of carbonyl (C=O) groups is 2. The molecule has 0 amide bonds. The standard InChI is InChI=1S/C20H25FN2O4S.C2H2O4/c1-3-27-20-14-16(4-9-19(20)26-2)15-22-10-12-23(13-11-22)28(24,25)18-7-5-17(21)6-8-18;3-1(4)2(5)6/h4-9,14H,3,10-13,15H2,1-2H3;(H,3,4)(H,5,6). The zero-order valence-electron chi connectivity index (χ0n) is 18.8. The van der Waals surface area contributed by atoms with Gasteiger partial charge in [-0.3, -0.25) is 4.90 Å². The fourth-order valence-corrected chi connectivity index (χ4v) is 4.65. The molecule has 1 fully saturated rings. The molecule has 1 saturated heterocycles. The lowest BCUT2D eigenvalue weighted by Gasteiger charge is -2.34. The SMILES string of the molecule is CCOc1cc(CN2CCN(S(=O)(=O)c3ccc(F)cc3)CC2)ccc1OC.O=C(O)C(=O)O. The lowest BCUT2D eigenvalue weighted by Crippen LogP contribution is -2.48. The normalized spacial score (nSPS) is 14.6. The number of methoxy groups -OCH3 is 1. The third-order valence-corrected chi connectivity index (χ3v) is 6.81. The van der Waals surface area contributed by atoms with E-state index in [0.717, 1.165) is 5.56 Å². The van der Waals surface area contributed by atoms with Gasteiger partial charge in [-0.05, 0) is 48.9 Å². The molecule has 1 aliphatic heterocycles. The quantitative estimate of drug-likeness (QED) is 0.549. The van der Waals surface area contributed by atoms with Crippen LogP contribution in [0.2, 0.25) is 0 Å². The zero-order valence-corrected chi connectivity index (χ0v) is 19.6. The average Bonchev–Trinajstić information content (AvgIpc) is 2.80. The Labute approximate surface area is 197 Å². The number of carboxylic acid groups (broad SMARTS) is 2. The third kappa shape index (κ3) is 7.40. The van der Waals surface area contributed by atoms with Crippen LogP contribution in [0.1, 0.15) is 12.5 Å². The number of ether oxygens (including phenoxy) is 2. The van der Waals surface area contributed by atoms with E-state index >= 15 is 0 Å². The molecular formula is C22H27FN2O8S. The number of hydrogen-bond acceptors (Lipinski definition) is 7. The summed E-state index contributed by atoms with van der Waals surface area (Å²) in [7, 11) is -1.99. The number of rotatable bonds is 7. The molecular weight excluding hydrogens is 471 g/mol. The molecule has 12 heteroatoms. The molecule has 1 aliphatic rings. The minimum Gasteiger partial charge on any atom is -0.493 e. The van der Waals surface area contributed by atoms with Crippen molar-refractivity contribution < 1.29 is 42.1 Å². The Kier molecular flexibility index (Phi) is 9.78. The van der Waals surface area contributed by atoms with Crippen molar-refractivity contribution in [3.63, 3.8) is 0 Å². The molecule has 10 nitrogen and oxygen atoms in total. The second kappa shape index (κ2) is 12.3. The van der Waals surface area contributed by atoms with Gasteiger partial charge >= 0.3 is 11.9 Å². The molecule has 34 heavy (non-hydrogen) atoms. The molecule has 2 aromatic carbocycles. The number of piperazine rings is 1. The number of sulfonamides is 1. The predicted octanol–water partition coefficient (Wildman–Crippen LogP) is 1.90. The molecule has 2 N–H and O–H groups in total. The molecule has 0 saturated carbocycles. The maximum absolute atomic E-state index is 13.1. The molecule has 1 heterocycles. The van der Waals surface area contributed by atoms with Crippen LogP contribution in [-0.4, -0.2) is 79.7 Å². The van der Waals surface area contributed by atoms with Crippen LogP contribution in [0.25, 0.3) is 0 Å². The van der Waals surface area contributed by atoms with E-state index < -0.39 is 27.8 Å². The monoisotopic (exact) mass is 498 g/mol. The summed E-state index contributed by atoms with van der Waals surface area (Å²) in [6, 6.07) is 10.8. The highest BCUT2D eigenvalue weighted by molar-refractivity contribution is 7.89. The van der Waals surface area contributed by atoms with Crippen molar-refractivity contribution in [2.45, 2.75) is 18.4 Å². The van der Waals surface area contributed by atoms with Crippen LogP contribution in [0.4, 0.5) is 4.39 Å². The summed E-state index contributed by atoms with van der Waals surface area (Å²) in [5.41, 5.74) is 1.08. The van der Waals surface area contributed by atoms with Gasteiger partial charge in [0.05, 0.1) is 18.6 Å². The number of nitrogens with zero attached hydrogens (tertiary/aromatic N) is 2. The van der Waals surface area contributed by atoms with E-state index in [1.54, 1.807) is 7.11 Å². The fourth-order valence-electron chi connectivity index (χ4n) is 3.23. The maximum Gasteiger partial charge on any atom is 0.414 e. The smallest absolute Gasteiger partial charge is 0.414 e. The van der Waals surface area contributed by atoms with Gasteiger partial charge in [0.25, 0.3) is 0 Å². The first-order chi connectivity index (χ1) is 16.1. The number of halogens is 1. The summed E-state index contributed by atoms with van der Waals surface area (Å²) in [6.07, 6.45) is 0. The van der Waals surface area contributed by atoms with E-state index in [-0.39, 0.29) is 4.90 Å². The highest BCUT2D eigenvalue weighted by Gasteiger charge is 2.28. The summed E-state index contributed by atoms with van der Waals surface area (Å²) in [5.74, 6) is -2.69. The molecule has 3 rings (SSSR count). The Morgan fingerprint density at radius 3 is 2.06 bits per heavy atom. The average molecular weight is 499 g/mol. The topological polar surface area (TPSA) is 134 Å². The highest BCUT2D eigenvalue weighted by atomic mass is 32.2. The van der Waals surface area contributed by atoms with Crippen molar-refractivity contribution in [3.05, 3.63) is 53.8 Å². The van der Waals surface area contributed by atoms with Crippen molar-refractivity contribution >= 4 is 22.0 Å². The van der Waals surface area contributed by atoms with Gasteiger partial charge in [-0.15, -0.1) is 0 Å². The molecule has 0 aliphatic carbocycles. The van der Waals surface area contributed by atoms with Gasteiger partial charge in [0, 0.05) is 32.7 Å². The van der Waals surface area contributed by atoms with E-state index in [1.165, 1.54) is 28.6 Å². The van der Waals surface area contributed by atoms with Crippen molar-refractivity contribution in [1.82, 2.24) is 9.21 Å². The highest BCUT2D eigenvalue weighted by Crippen LogP contribution is 2.29. The first-order valence-corrected chi connectivity index (χ1v) is 11.8. The number of aliphatic carboxylic acids is 2. The van der Waals surface area contributed by atoms with Gasteiger partial charge in [-0.2, -0.15) is 4.31 Å². The summed E-state index contributed by atoms with van der Waals surface area (Å²) < 4.78 is 50.9. The minimum atomic E-state index is -3.59. The van der Waals surface area contributed by atoms with Crippen LogP contribution in [0.3, 0.4) is 0 Å². The largest absolute Gasteiger partial charge is 0.493 e. The Morgan fingerprint density at radius 1 is 0.971 bits per heavy atom. The number of benzene rings is 2. The van der Waals surface area contributed by atoms with Crippen LogP contribution >= 0.6 is 0 Å². The second-order valence-corrected chi connectivity index (χ2v) is 9.10. The zero-order chi connectivity index (χ0) is 25.3. The summed E-state index contributed by atoms with van der Waals surface area (Å²) in [4.78, 5) is 20.5. The Hall–Kier alpha value is -3.22. The third-order valence-electron chi connectivity index (χ3n) is 4.90. The molecule has 0 atom stereocenters. The van der Waals surface area contributed by atoms with E-state index in [1.807, 2.05) is 25.1 Å². The van der Waals surface area contributed by atoms with Crippen LogP contribution in [0, 0.1) is 5.82 Å². The Morgan fingerprint density at radius 2 is 1.56 bits per heavy atom. The van der Waals surface area contributed by atoms with Crippen molar-refractivity contribution in [1.29, 1.82) is 0 Å². The van der Waals surface area contributed by atoms with Crippen molar-refractivity contribution in [2.24, 2.45) is 0 Å². The van der Waals surface area contributed by atoms with Crippen molar-refractivity contribution in [2.75, 3.05) is 39.9 Å². The van der Waals surface area contributed by atoms with Gasteiger partial charge in [0.15, 0.2) is 11.5 Å². The first-order valence-electron chi connectivity index (χ1n) is 10.3. The molecule has 0 aromatic heterocycles. The van der Waals surface area contributed by atoms with Crippen LogP contribution < -0.4 is 9.47 Å². The number of carboxylic acids is 2. The van der Waals surface area contributed by atoms with Gasteiger partial charge in [0.1, 0.15) is 5.82 Å². The molecule has 2 aromatic rings. The van der Waals surface area contributed by atoms with Gasteiger partial charge in [-0.1, -0.05) is 6.07 Å². The molecule has 0 unspecified atom stereocenters. The molecule has 186 valence electrons. The minimum absolute atomic E-state index is 0.124. The van der Waals surface area contributed by atoms with E-state index in [0.29, 0.717) is 50.8 Å². The van der Waals surface area contributed by atoms with Crippen LogP contribution in [0.15, 0.2) is 47.4 Å². The Balaban J connectivity index is 0.000000604. The lowest BCUT2D eigenvalue weighted by molar-refractivity contribution is -0.159. The predicted molar refractivity (Wildman–Crippen MR) is 120 cm³/mol. The second-order valence-electron chi connectivity index (χ2n) is 7.16. The molecule has 0 spiro atoms. The van der Waals surface area contributed by atoms with E-state index in [2.05, 4.69) is 4.90 Å². The van der Waals surface area contributed by atoms with Crippen LogP contribution in [0.5, 0.6) is 11.5 Å². The van der Waals surface area contributed by atoms with Gasteiger partial charge < -0.3 is 19.7 Å².